The first-order valence-electron chi connectivity index (χ1n) is 7.19. The third-order valence-electron chi connectivity index (χ3n) is 3.81. The molecule has 2 aromatic rings. The summed E-state index contributed by atoms with van der Waals surface area (Å²) in [6.07, 6.45) is 1.44. The summed E-state index contributed by atoms with van der Waals surface area (Å²) in [5, 5.41) is 11.4. The van der Waals surface area contributed by atoms with Crippen molar-refractivity contribution in [3.8, 4) is 5.75 Å². The average molecular weight is 287 g/mol. The molecule has 0 aliphatic carbocycles. The highest BCUT2D eigenvalue weighted by Gasteiger charge is 2.30. The summed E-state index contributed by atoms with van der Waals surface area (Å²) < 4.78 is 5.69. The second-order valence-electron chi connectivity index (χ2n) is 5.28. The fourth-order valence-electron chi connectivity index (χ4n) is 2.27. The summed E-state index contributed by atoms with van der Waals surface area (Å²) >= 11 is 0. The molecule has 0 amide bonds. The van der Waals surface area contributed by atoms with Gasteiger partial charge in [-0.25, -0.2) is 0 Å². The summed E-state index contributed by atoms with van der Waals surface area (Å²) in [6, 6.07) is 14.0. The molecule has 1 unspecified atom stereocenters. The standard InChI is InChI=1S/C17H21NO3/c1-2-17(18,16(19)20)10-5-11-21-15-9-8-13-6-3-4-7-14(13)12-15/h3-4,6-9,12H,2,5,10-11,18H2,1H3,(H,19,20). The highest BCUT2D eigenvalue weighted by molar-refractivity contribution is 5.83. The monoisotopic (exact) mass is 287 g/mol. The quantitative estimate of drug-likeness (QED) is 0.767. The third-order valence-corrected chi connectivity index (χ3v) is 3.81. The lowest BCUT2D eigenvalue weighted by atomic mass is 9.92. The van der Waals surface area contributed by atoms with Gasteiger partial charge in [-0.1, -0.05) is 37.3 Å². The van der Waals surface area contributed by atoms with Gasteiger partial charge < -0.3 is 15.6 Å². The lowest BCUT2D eigenvalue weighted by Crippen LogP contribution is -2.47. The second kappa shape index (κ2) is 6.59. The first-order chi connectivity index (χ1) is 10.0. The van der Waals surface area contributed by atoms with E-state index in [1.165, 1.54) is 5.39 Å². The molecule has 2 aromatic carbocycles. The van der Waals surface area contributed by atoms with E-state index in [-0.39, 0.29) is 0 Å². The average Bonchev–Trinajstić information content (AvgIpc) is 2.51. The number of hydrogen-bond donors (Lipinski definition) is 2. The van der Waals surface area contributed by atoms with Gasteiger partial charge >= 0.3 is 5.97 Å². The number of carbonyl (C=O) groups is 1. The first kappa shape index (κ1) is 15.3. The number of carboxylic acid groups (broad SMARTS) is 1. The molecule has 0 heterocycles. The van der Waals surface area contributed by atoms with Crippen LogP contribution in [0.2, 0.25) is 0 Å². The largest absolute Gasteiger partial charge is 0.494 e. The predicted molar refractivity (Wildman–Crippen MR) is 83.5 cm³/mol. The molecule has 3 N–H and O–H groups in total. The summed E-state index contributed by atoms with van der Waals surface area (Å²) in [5.74, 6) is -0.154. The van der Waals surface area contributed by atoms with Crippen molar-refractivity contribution in [3.63, 3.8) is 0 Å². The Morgan fingerprint density at radius 1 is 1.24 bits per heavy atom. The van der Waals surface area contributed by atoms with Gasteiger partial charge in [-0.3, -0.25) is 4.79 Å². The number of benzene rings is 2. The zero-order valence-corrected chi connectivity index (χ0v) is 12.2. The Hall–Kier alpha value is -2.07. The molecule has 21 heavy (non-hydrogen) atoms. The zero-order chi connectivity index (χ0) is 15.3. The molecule has 0 fully saturated rings. The van der Waals surface area contributed by atoms with Gasteiger partial charge in [0, 0.05) is 0 Å². The van der Waals surface area contributed by atoms with E-state index in [2.05, 4.69) is 6.07 Å². The van der Waals surface area contributed by atoms with E-state index >= 15 is 0 Å². The van der Waals surface area contributed by atoms with E-state index in [0.717, 1.165) is 11.1 Å². The van der Waals surface area contributed by atoms with E-state index in [1.54, 1.807) is 6.92 Å². The number of rotatable bonds is 7. The van der Waals surface area contributed by atoms with Crippen LogP contribution in [0.25, 0.3) is 10.8 Å². The smallest absolute Gasteiger partial charge is 0.323 e. The Kier molecular flexibility index (Phi) is 4.81. The van der Waals surface area contributed by atoms with Crippen molar-refractivity contribution in [3.05, 3.63) is 42.5 Å². The van der Waals surface area contributed by atoms with Crippen LogP contribution in [-0.2, 0) is 4.79 Å². The van der Waals surface area contributed by atoms with Crippen molar-refractivity contribution < 1.29 is 14.6 Å². The number of nitrogens with two attached hydrogens (primary N) is 1. The van der Waals surface area contributed by atoms with Crippen LogP contribution in [0.4, 0.5) is 0 Å². The molecule has 0 aliphatic rings. The van der Waals surface area contributed by atoms with Crippen molar-refractivity contribution in [1.29, 1.82) is 0 Å². The van der Waals surface area contributed by atoms with E-state index < -0.39 is 11.5 Å². The van der Waals surface area contributed by atoms with Gasteiger partial charge in [-0.2, -0.15) is 0 Å². The lowest BCUT2D eigenvalue weighted by molar-refractivity contribution is -0.143. The zero-order valence-electron chi connectivity index (χ0n) is 12.2. The van der Waals surface area contributed by atoms with Crippen LogP contribution < -0.4 is 10.5 Å². The number of carboxylic acids is 1. The van der Waals surface area contributed by atoms with E-state index in [0.29, 0.717) is 25.9 Å². The summed E-state index contributed by atoms with van der Waals surface area (Å²) in [5.41, 5.74) is 4.69. The van der Waals surface area contributed by atoms with Gasteiger partial charge in [0.2, 0.25) is 0 Å². The van der Waals surface area contributed by atoms with Crippen molar-refractivity contribution in [2.24, 2.45) is 5.73 Å². The van der Waals surface area contributed by atoms with Crippen molar-refractivity contribution in [1.82, 2.24) is 0 Å². The Balaban J connectivity index is 1.89. The molecule has 0 saturated heterocycles. The molecular weight excluding hydrogens is 266 g/mol. The van der Waals surface area contributed by atoms with Crippen LogP contribution in [0.15, 0.2) is 42.5 Å². The van der Waals surface area contributed by atoms with Crippen LogP contribution in [0, 0.1) is 0 Å². The Morgan fingerprint density at radius 2 is 1.95 bits per heavy atom. The minimum absolute atomic E-state index is 0.409. The second-order valence-corrected chi connectivity index (χ2v) is 5.28. The van der Waals surface area contributed by atoms with Gasteiger partial charge in [-0.05, 0) is 42.2 Å². The number of fused-ring (bicyclic) bond motifs is 1. The van der Waals surface area contributed by atoms with Crippen LogP contribution in [0.3, 0.4) is 0 Å². The fraction of sp³-hybridized carbons (Fsp3) is 0.353. The van der Waals surface area contributed by atoms with Crippen LogP contribution >= 0.6 is 0 Å². The highest BCUT2D eigenvalue weighted by atomic mass is 16.5. The van der Waals surface area contributed by atoms with Gasteiger partial charge in [0.25, 0.3) is 0 Å². The molecule has 2 rings (SSSR count). The SMILES string of the molecule is CCC(N)(CCCOc1ccc2ccccc2c1)C(=O)O. The highest BCUT2D eigenvalue weighted by Crippen LogP contribution is 2.21. The van der Waals surface area contributed by atoms with Gasteiger partial charge in [-0.15, -0.1) is 0 Å². The molecule has 0 saturated carbocycles. The molecular formula is C17H21NO3. The van der Waals surface area contributed by atoms with E-state index in [1.807, 2.05) is 36.4 Å². The molecule has 1 atom stereocenters. The molecule has 0 aromatic heterocycles. The van der Waals surface area contributed by atoms with E-state index in [4.69, 9.17) is 15.6 Å². The number of hydrogen-bond acceptors (Lipinski definition) is 3. The first-order valence-corrected chi connectivity index (χ1v) is 7.19. The topological polar surface area (TPSA) is 72.5 Å². The molecule has 0 spiro atoms. The van der Waals surface area contributed by atoms with Gasteiger partial charge in [0.1, 0.15) is 11.3 Å². The fourth-order valence-corrected chi connectivity index (χ4v) is 2.27. The Bertz CT molecular complexity index is 626. The normalized spacial score (nSPS) is 13.8. The van der Waals surface area contributed by atoms with Crippen molar-refractivity contribution in [2.45, 2.75) is 31.7 Å². The summed E-state index contributed by atoms with van der Waals surface area (Å²) in [4.78, 5) is 11.1. The predicted octanol–water partition coefficient (Wildman–Crippen LogP) is 3.19. The van der Waals surface area contributed by atoms with Crippen LogP contribution in [0.1, 0.15) is 26.2 Å². The lowest BCUT2D eigenvalue weighted by Gasteiger charge is -2.22. The minimum Gasteiger partial charge on any atom is -0.494 e. The molecule has 0 aliphatic heterocycles. The van der Waals surface area contributed by atoms with Gasteiger partial charge in [0.15, 0.2) is 0 Å². The van der Waals surface area contributed by atoms with Crippen LogP contribution in [-0.4, -0.2) is 23.2 Å². The maximum atomic E-state index is 11.1. The third kappa shape index (κ3) is 3.73. The number of ether oxygens (including phenoxy) is 1. The Labute approximate surface area is 124 Å². The summed E-state index contributed by atoms with van der Waals surface area (Å²) in [7, 11) is 0. The maximum Gasteiger partial charge on any atom is 0.323 e. The number of aliphatic carboxylic acids is 1. The summed E-state index contributed by atoms with van der Waals surface area (Å²) in [6.45, 7) is 2.25. The Morgan fingerprint density at radius 3 is 2.62 bits per heavy atom. The van der Waals surface area contributed by atoms with E-state index in [9.17, 15) is 4.79 Å². The molecule has 4 heteroatoms. The maximum absolute atomic E-state index is 11.1. The minimum atomic E-state index is -1.15. The molecule has 0 radical (unpaired) electrons. The molecule has 0 bridgehead atoms. The van der Waals surface area contributed by atoms with Crippen molar-refractivity contribution >= 4 is 16.7 Å². The molecule has 4 nitrogen and oxygen atoms in total. The van der Waals surface area contributed by atoms with Crippen LogP contribution in [0.5, 0.6) is 5.75 Å². The van der Waals surface area contributed by atoms with Gasteiger partial charge in [0.05, 0.1) is 6.61 Å². The van der Waals surface area contributed by atoms with Crippen molar-refractivity contribution in [2.75, 3.05) is 6.61 Å². The molecule has 112 valence electrons.